The van der Waals surface area contributed by atoms with E-state index in [1.54, 1.807) is 18.5 Å². The van der Waals surface area contributed by atoms with Gasteiger partial charge in [0.15, 0.2) is 0 Å². The lowest BCUT2D eigenvalue weighted by atomic mass is 10.6. The molecule has 1 aliphatic rings. The summed E-state index contributed by atoms with van der Waals surface area (Å²) in [5.74, 6) is 0. The Bertz CT molecular complexity index is 108. The molecule has 0 radical (unpaired) electrons. The summed E-state index contributed by atoms with van der Waals surface area (Å²) in [5, 5.41) is 2.67. The Kier molecular flexibility index (Phi) is 0.638. The van der Waals surface area contributed by atoms with Crippen LogP contribution in [0.5, 0.6) is 0 Å². The number of nitrogens with one attached hydrogen (secondary N) is 1. The monoisotopic (exact) mass is 83.1 g/mol. The van der Waals surface area contributed by atoms with Gasteiger partial charge in [0.05, 0.1) is 1.37 Å². The normalized spacial score (nSPS) is 32.0. The number of rotatable bonds is 0. The van der Waals surface area contributed by atoms with Crippen molar-refractivity contribution in [1.82, 2.24) is 5.32 Å². The lowest BCUT2D eigenvalue weighted by molar-refractivity contribution is 0.879. The van der Waals surface area contributed by atoms with Gasteiger partial charge in [-0.25, -0.2) is 0 Å². The maximum absolute atomic E-state index is 6.91. The number of nitrogens with zero attached hydrogens (tertiary/aromatic N) is 1. The molecule has 0 aliphatic carbocycles. The largest absolute Gasteiger partial charge is 0.372 e. The minimum Gasteiger partial charge on any atom is -0.372 e. The van der Waals surface area contributed by atoms with Gasteiger partial charge in [-0.15, -0.1) is 0 Å². The van der Waals surface area contributed by atoms with Gasteiger partial charge in [0.2, 0.25) is 0 Å². The molecule has 1 heterocycles. The van der Waals surface area contributed by atoms with Gasteiger partial charge in [0, 0.05) is 6.21 Å². The van der Waals surface area contributed by atoms with E-state index in [1.165, 1.54) is 0 Å². The molecule has 0 spiro atoms. The fourth-order valence-corrected chi connectivity index (χ4v) is 0.277. The SMILES string of the molecule is [2H]C1N=CC=CN1. The van der Waals surface area contributed by atoms with Crippen LogP contribution in [0.2, 0.25) is 0 Å². The molecule has 0 fully saturated rings. The molecule has 1 N–H and O–H groups in total. The topological polar surface area (TPSA) is 24.4 Å². The highest BCUT2D eigenvalue weighted by molar-refractivity contribution is 5.71. The predicted octanol–water partition coefficient (Wildman–Crippen LogP) is 0.132. The highest BCUT2D eigenvalue weighted by atomic mass is 15.0. The second-order valence-electron chi connectivity index (χ2n) is 0.953. The molecule has 0 amide bonds. The van der Waals surface area contributed by atoms with Crippen LogP contribution in [0.15, 0.2) is 17.3 Å². The third-order valence-corrected chi connectivity index (χ3v) is 0.514. The van der Waals surface area contributed by atoms with Crippen molar-refractivity contribution in [1.29, 1.82) is 0 Å². The summed E-state index contributed by atoms with van der Waals surface area (Å²) in [6.45, 7) is -0.481. The summed E-state index contributed by atoms with van der Waals surface area (Å²) in [6, 6.07) is 0. The van der Waals surface area contributed by atoms with Gasteiger partial charge < -0.3 is 5.32 Å². The van der Waals surface area contributed by atoms with Crippen molar-refractivity contribution in [3.8, 4) is 0 Å². The average Bonchev–Trinajstić information content (AvgIpc) is 1.69. The Morgan fingerprint density at radius 3 is 3.33 bits per heavy atom. The first-order chi connectivity index (χ1) is 3.39. The Morgan fingerprint density at radius 2 is 3.00 bits per heavy atom. The van der Waals surface area contributed by atoms with E-state index < -0.39 is 6.64 Å². The van der Waals surface area contributed by atoms with Crippen molar-refractivity contribution in [2.45, 2.75) is 0 Å². The minimum absolute atomic E-state index is 0.481. The molecular formula is C4H6N2. The third-order valence-electron chi connectivity index (χ3n) is 0.514. The standard InChI is InChI=1S/C4H6N2/c1-2-5-4-6-3-1/h1-3,5H,4H2/i4D. The van der Waals surface area contributed by atoms with Crippen LogP contribution in [0.1, 0.15) is 1.37 Å². The van der Waals surface area contributed by atoms with Gasteiger partial charge in [0.1, 0.15) is 6.64 Å². The number of hydrogen-bond donors (Lipinski definition) is 1. The summed E-state index contributed by atoms with van der Waals surface area (Å²) >= 11 is 0. The first-order valence-corrected chi connectivity index (χ1v) is 1.76. The van der Waals surface area contributed by atoms with Gasteiger partial charge in [-0.05, 0) is 12.3 Å². The Balaban J connectivity index is 2.49. The zero-order valence-electron chi connectivity index (χ0n) is 4.26. The molecule has 0 bridgehead atoms. The van der Waals surface area contributed by atoms with E-state index >= 15 is 0 Å². The highest BCUT2D eigenvalue weighted by Crippen LogP contribution is 1.71. The zero-order chi connectivity index (χ0) is 5.11. The molecule has 0 aromatic carbocycles. The van der Waals surface area contributed by atoms with Crippen molar-refractivity contribution < 1.29 is 1.37 Å². The summed E-state index contributed by atoms with van der Waals surface area (Å²) in [4.78, 5) is 3.67. The molecular weight excluding hydrogens is 76.1 g/mol. The molecule has 1 rings (SSSR count). The van der Waals surface area contributed by atoms with E-state index in [4.69, 9.17) is 1.37 Å². The number of allylic oxidation sites excluding steroid dienone is 1. The van der Waals surface area contributed by atoms with E-state index in [2.05, 4.69) is 10.3 Å². The lowest BCUT2D eigenvalue weighted by Gasteiger charge is -1.94. The van der Waals surface area contributed by atoms with E-state index in [-0.39, 0.29) is 0 Å². The van der Waals surface area contributed by atoms with Crippen molar-refractivity contribution in [2.75, 3.05) is 6.64 Å². The highest BCUT2D eigenvalue weighted by Gasteiger charge is 1.73. The van der Waals surface area contributed by atoms with Gasteiger partial charge in [-0.2, -0.15) is 0 Å². The Morgan fingerprint density at radius 1 is 2.00 bits per heavy atom. The second-order valence-corrected chi connectivity index (χ2v) is 0.953. The molecule has 1 aliphatic heterocycles. The van der Waals surface area contributed by atoms with Crippen molar-refractivity contribution in [3.05, 3.63) is 12.3 Å². The third kappa shape index (κ3) is 0.578. The Labute approximate surface area is 38.0 Å². The summed E-state index contributed by atoms with van der Waals surface area (Å²) in [6.07, 6.45) is 5.06. The summed E-state index contributed by atoms with van der Waals surface area (Å²) in [7, 11) is 0. The maximum atomic E-state index is 6.91. The minimum atomic E-state index is -0.481. The number of hydrogen-bond acceptors (Lipinski definition) is 2. The predicted molar refractivity (Wildman–Crippen MR) is 25.6 cm³/mol. The zero-order valence-corrected chi connectivity index (χ0v) is 3.26. The molecule has 32 valence electrons. The first-order valence-electron chi connectivity index (χ1n) is 2.34. The van der Waals surface area contributed by atoms with E-state index in [0.717, 1.165) is 0 Å². The molecule has 0 aromatic rings. The van der Waals surface area contributed by atoms with Gasteiger partial charge in [0.25, 0.3) is 0 Å². The van der Waals surface area contributed by atoms with Crippen LogP contribution >= 0.6 is 0 Å². The van der Waals surface area contributed by atoms with Crippen molar-refractivity contribution in [3.63, 3.8) is 0 Å². The molecule has 2 nitrogen and oxygen atoms in total. The quantitative estimate of drug-likeness (QED) is 0.442. The number of aliphatic imine (C=N–C) groups is 1. The fourth-order valence-electron chi connectivity index (χ4n) is 0.277. The van der Waals surface area contributed by atoms with E-state index in [0.29, 0.717) is 0 Å². The van der Waals surface area contributed by atoms with Crippen molar-refractivity contribution in [2.24, 2.45) is 4.99 Å². The molecule has 0 saturated heterocycles. The average molecular weight is 83.1 g/mol. The van der Waals surface area contributed by atoms with Crippen LogP contribution < -0.4 is 5.32 Å². The summed E-state index contributed by atoms with van der Waals surface area (Å²) in [5.41, 5.74) is 0. The van der Waals surface area contributed by atoms with Gasteiger partial charge in [-0.3, -0.25) is 4.99 Å². The van der Waals surface area contributed by atoms with Crippen LogP contribution in [0.25, 0.3) is 0 Å². The molecule has 0 saturated carbocycles. The van der Waals surface area contributed by atoms with E-state index in [1.807, 2.05) is 0 Å². The van der Waals surface area contributed by atoms with Gasteiger partial charge >= 0.3 is 0 Å². The molecule has 6 heavy (non-hydrogen) atoms. The maximum Gasteiger partial charge on any atom is 0.107 e. The van der Waals surface area contributed by atoms with Crippen LogP contribution in [0.3, 0.4) is 0 Å². The molecule has 0 aromatic heterocycles. The Hall–Kier alpha value is -0.790. The van der Waals surface area contributed by atoms with Crippen LogP contribution in [-0.4, -0.2) is 12.9 Å². The lowest BCUT2D eigenvalue weighted by Crippen LogP contribution is -2.06. The van der Waals surface area contributed by atoms with Crippen LogP contribution in [0, 0.1) is 0 Å². The van der Waals surface area contributed by atoms with Crippen molar-refractivity contribution >= 4 is 6.21 Å². The summed E-state index contributed by atoms with van der Waals surface area (Å²) < 4.78 is 6.91. The fraction of sp³-hybridized carbons (Fsp3) is 0.250. The molecule has 1 atom stereocenters. The van der Waals surface area contributed by atoms with Crippen LogP contribution in [-0.2, 0) is 0 Å². The molecule has 2 heteroatoms. The van der Waals surface area contributed by atoms with Gasteiger partial charge in [-0.1, -0.05) is 0 Å². The second kappa shape index (κ2) is 1.60. The molecule has 1 unspecified atom stereocenters. The van der Waals surface area contributed by atoms with E-state index in [9.17, 15) is 0 Å². The first kappa shape index (κ1) is 2.39. The van der Waals surface area contributed by atoms with Crippen LogP contribution in [0.4, 0.5) is 0 Å². The smallest absolute Gasteiger partial charge is 0.107 e.